The van der Waals surface area contributed by atoms with Gasteiger partial charge in [-0.05, 0) is 43.9 Å². The summed E-state index contributed by atoms with van der Waals surface area (Å²) in [4.78, 5) is 20.8. The fourth-order valence-electron chi connectivity index (χ4n) is 2.82. The molecule has 1 heterocycles. The van der Waals surface area contributed by atoms with Crippen LogP contribution in [0.15, 0.2) is 30.6 Å². The maximum atomic E-state index is 12.3. The summed E-state index contributed by atoms with van der Waals surface area (Å²) in [5.74, 6) is -0.0385. The molecular weight excluding hydrogens is 266 g/mol. The molecule has 1 aromatic carbocycles. The minimum atomic E-state index is -0.0385. The highest BCUT2D eigenvalue weighted by molar-refractivity contribution is 5.97. The first-order valence-corrected chi connectivity index (χ1v) is 7.30. The maximum absolute atomic E-state index is 12.3. The van der Waals surface area contributed by atoms with Crippen molar-refractivity contribution < 1.29 is 9.53 Å². The first-order chi connectivity index (χ1) is 10.3. The molecule has 1 aromatic heterocycles. The number of carbonyl (C=O) groups is 1. The minimum Gasteiger partial charge on any atom is -0.381 e. The standard InChI is InChI=1S/C16H19N3O2/c1-21-13-5-3-12(4-6-13)19-16(20)11-2-7-14-15(10-11)18-9-8-17-14/h2,7-10,12-13H,3-6H2,1H3,(H,19,20). The van der Waals surface area contributed by atoms with Crippen LogP contribution in [0, 0.1) is 0 Å². The summed E-state index contributed by atoms with van der Waals surface area (Å²) in [5.41, 5.74) is 2.18. The van der Waals surface area contributed by atoms with Crippen molar-refractivity contribution in [1.82, 2.24) is 15.3 Å². The van der Waals surface area contributed by atoms with Crippen LogP contribution < -0.4 is 5.32 Å². The fraction of sp³-hybridized carbons (Fsp3) is 0.438. The summed E-state index contributed by atoms with van der Waals surface area (Å²) in [6.45, 7) is 0. The van der Waals surface area contributed by atoms with Crippen molar-refractivity contribution in [3.05, 3.63) is 36.2 Å². The molecule has 1 N–H and O–H groups in total. The Morgan fingerprint density at radius 3 is 2.57 bits per heavy atom. The van der Waals surface area contributed by atoms with Crippen LogP contribution in [0.3, 0.4) is 0 Å². The summed E-state index contributed by atoms with van der Waals surface area (Å²) >= 11 is 0. The number of aromatic nitrogens is 2. The highest BCUT2D eigenvalue weighted by atomic mass is 16.5. The quantitative estimate of drug-likeness (QED) is 0.940. The normalized spacial score (nSPS) is 22.1. The first-order valence-electron chi connectivity index (χ1n) is 7.30. The van der Waals surface area contributed by atoms with Crippen molar-refractivity contribution in [2.45, 2.75) is 37.8 Å². The predicted molar refractivity (Wildman–Crippen MR) is 80.1 cm³/mol. The molecule has 1 aliphatic carbocycles. The van der Waals surface area contributed by atoms with Gasteiger partial charge >= 0.3 is 0 Å². The zero-order valence-electron chi connectivity index (χ0n) is 12.1. The number of hydrogen-bond donors (Lipinski definition) is 1. The predicted octanol–water partition coefficient (Wildman–Crippen LogP) is 2.32. The lowest BCUT2D eigenvalue weighted by Crippen LogP contribution is -2.38. The lowest BCUT2D eigenvalue weighted by Gasteiger charge is -2.28. The summed E-state index contributed by atoms with van der Waals surface area (Å²) in [6.07, 6.45) is 7.57. The average Bonchev–Trinajstić information content (AvgIpc) is 2.55. The third-order valence-electron chi connectivity index (χ3n) is 4.07. The summed E-state index contributed by atoms with van der Waals surface area (Å²) < 4.78 is 5.35. The van der Waals surface area contributed by atoms with E-state index in [2.05, 4.69) is 15.3 Å². The maximum Gasteiger partial charge on any atom is 0.251 e. The van der Waals surface area contributed by atoms with Crippen LogP contribution in [0.25, 0.3) is 11.0 Å². The van der Waals surface area contributed by atoms with Crippen molar-refractivity contribution in [3.8, 4) is 0 Å². The number of ether oxygens (including phenoxy) is 1. The number of hydrogen-bond acceptors (Lipinski definition) is 4. The second-order valence-corrected chi connectivity index (χ2v) is 5.44. The number of rotatable bonds is 3. The molecule has 0 aliphatic heterocycles. The van der Waals surface area contributed by atoms with Crippen molar-refractivity contribution in [1.29, 1.82) is 0 Å². The van der Waals surface area contributed by atoms with Gasteiger partial charge < -0.3 is 10.1 Å². The largest absolute Gasteiger partial charge is 0.381 e. The van der Waals surface area contributed by atoms with Crippen LogP contribution in [0.5, 0.6) is 0 Å². The molecule has 0 bridgehead atoms. The molecule has 1 aliphatic rings. The van der Waals surface area contributed by atoms with Gasteiger partial charge in [0.15, 0.2) is 0 Å². The van der Waals surface area contributed by atoms with E-state index in [9.17, 15) is 4.79 Å². The second-order valence-electron chi connectivity index (χ2n) is 5.44. The van der Waals surface area contributed by atoms with E-state index in [0.717, 1.165) is 36.7 Å². The van der Waals surface area contributed by atoms with Crippen molar-refractivity contribution in [2.75, 3.05) is 7.11 Å². The van der Waals surface area contributed by atoms with E-state index >= 15 is 0 Å². The van der Waals surface area contributed by atoms with Gasteiger partial charge in [0, 0.05) is 31.1 Å². The first kappa shape index (κ1) is 13.9. The van der Waals surface area contributed by atoms with Crippen molar-refractivity contribution in [2.24, 2.45) is 0 Å². The van der Waals surface area contributed by atoms with E-state index < -0.39 is 0 Å². The number of methoxy groups -OCH3 is 1. The molecule has 1 fully saturated rings. The van der Waals surface area contributed by atoms with Crippen LogP contribution in [0.1, 0.15) is 36.0 Å². The van der Waals surface area contributed by atoms with Gasteiger partial charge in [0.25, 0.3) is 5.91 Å². The third-order valence-corrected chi connectivity index (χ3v) is 4.07. The Labute approximate surface area is 123 Å². The van der Waals surface area contributed by atoms with E-state index in [1.807, 2.05) is 6.07 Å². The Balaban J connectivity index is 1.67. The van der Waals surface area contributed by atoms with E-state index in [4.69, 9.17) is 4.74 Å². The second kappa shape index (κ2) is 6.18. The van der Waals surface area contributed by atoms with E-state index in [-0.39, 0.29) is 11.9 Å². The van der Waals surface area contributed by atoms with Gasteiger partial charge in [0.05, 0.1) is 17.1 Å². The molecule has 0 atom stereocenters. The van der Waals surface area contributed by atoms with E-state index in [0.29, 0.717) is 11.7 Å². The number of nitrogens with one attached hydrogen (secondary N) is 1. The van der Waals surface area contributed by atoms with Crippen molar-refractivity contribution in [3.63, 3.8) is 0 Å². The molecule has 0 radical (unpaired) electrons. The molecule has 5 nitrogen and oxygen atoms in total. The smallest absolute Gasteiger partial charge is 0.251 e. The highest BCUT2D eigenvalue weighted by Crippen LogP contribution is 2.21. The number of carbonyl (C=O) groups excluding carboxylic acids is 1. The molecule has 0 unspecified atom stereocenters. The molecule has 2 aromatic rings. The Bertz CT molecular complexity index is 636. The van der Waals surface area contributed by atoms with Gasteiger partial charge in [0.2, 0.25) is 0 Å². The van der Waals surface area contributed by atoms with Crippen LogP contribution in [-0.2, 0) is 4.74 Å². The number of nitrogens with zero attached hydrogens (tertiary/aromatic N) is 2. The number of benzene rings is 1. The lowest BCUT2D eigenvalue weighted by atomic mass is 9.93. The molecule has 3 rings (SSSR count). The Morgan fingerprint density at radius 1 is 1.14 bits per heavy atom. The SMILES string of the molecule is COC1CCC(NC(=O)c2ccc3nccnc3c2)CC1. The molecule has 1 amide bonds. The minimum absolute atomic E-state index is 0.0385. The van der Waals surface area contributed by atoms with E-state index in [1.165, 1.54) is 0 Å². The van der Waals surface area contributed by atoms with Crippen LogP contribution >= 0.6 is 0 Å². The van der Waals surface area contributed by atoms with Crippen LogP contribution in [0.4, 0.5) is 0 Å². The zero-order chi connectivity index (χ0) is 14.7. The molecular formula is C16H19N3O2. The van der Waals surface area contributed by atoms with Gasteiger partial charge in [-0.2, -0.15) is 0 Å². The number of amides is 1. The highest BCUT2D eigenvalue weighted by Gasteiger charge is 2.22. The fourth-order valence-corrected chi connectivity index (χ4v) is 2.82. The molecule has 1 saturated carbocycles. The Kier molecular flexibility index (Phi) is 4.10. The summed E-state index contributed by atoms with van der Waals surface area (Å²) in [5, 5.41) is 3.10. The molecule has 0 saturated heterocycles. The average molecular weight is 285 g/mol. The Morgan fingerprint density at radius 2 is 1.86 bits per heavy atom. The van der Waals surface area contributed by atoms with Gasteiger partial charge in [-0.3, -0.25) is 14.8 Å². The van der Waals surface area contributed by atoms with Crippen molar-refractivity contribution >= 4 is 16.9 Å². The van der Waals surface area contributed by atoms with Crippen LogP contribution in [-0.4, -0.2) is 35.1 Å². The van der Waals surface area contributed by atoms with E-state index in [1.54, 1.807) is 31.6 Å². The Hall–Kier alpha value is -2.01. The van der Waals surface area contributed by atoms with Gasteiger partial charge in [0.1, 0.15) is 0 Å². The van der Waals surface area contributed by atoms with Gasteiger partial charge in [-0.15, -0.1) is 0 Å². The lowest BCUT2D eigenvalue weighted by molar-refractivity contribution is 0.0599. The third kappa shape index (κ3) is 3.19. The zero-order valence-corrected chi connectivity index (χ0v) is 12.1. The monoisotopic (exact) mass is 285 g/mol. The topological polar surface area (TPSA) is 64.1 Å². The van der Waals surface area contributed by atoms with Gasteiger partial charge in [-0.1, -0.05) is 0 Å². The molecule has 0 spiro atoms. The summed E-state index contributed by atoms with van der Waals surface area (Å²) in [6, 6.07) is 5.66. The number of fused-ring (bicyclic) bond motifs is 1. The van der Waals surface area contributed by atoms with Crippen LogP contribution in [0.2, 0.25) is 0 Å². The van der Waals surface area contributed by atoms with Gasteiger partial charge in [-0.25, -0.2) is 0 Å². The molecule has 21 heavy (non-hydrogen) atoms. The summed E-state index contributed by atoms with van der Waals surface area (Å²) in [7, 11) is 1.75. The molecule has 5 heteroatoms. The molecule has 110 valence electrons.